The maximum atomic E-state index is 14.3. The molecule has 2 heterocycles. The van der Waals surface area contributed by atoms with Crippen LogP contribution in [-0.4, -0.2) is 16.9 Å². The van der Waals surface area contributed by atoms with Crippen LogP contribution in [0.3, 0.4) is 0 Å². The molecule has 0 bridgehead atoms. The lowest BCUT2D eigenvalue weighted by atomic mass is 9.91. The highest BCUT2D eigenvalue weighted by molar-refractivity contribution is 5.81. The second kappa shape index (κ2) is 7.22. The summed E-state index contributed by atoms with van der Waals surface area (Å²) in [5, 5.41) is 7.56. The average molecular weight is 349 g/mol. The van der Waals surface area contributed by atoms with Gasteiger partial charge in [0, 0.05) is 36.2 Å². The molecule has 1 amide bonds. The van der Waals surface area contributed by atoms with Crippen LogP contribution in [0.15, 0.2) is 60.8 Å². The average Bonchev–Trinajstić information content (AvgIpc) is 2.67. The molecule has 2 atom stereocenters. The van der Waals surface area contributed by atoms with Gasteiger partial charge in [-0.3, -0.25) is 9.78 Å². The van der Waals surface area contributed by atoms with Crippen molar-refractivity contribution in [3.05, 3.63) is 77.7 Å². The van der Waals surface area contributed by atoms with Crippen molar-refractivity contribution in [2.24, 2.45) is 0 Å². The van der Waals surface area contributed by atoms with Crippen molar-refractivity contribution < 1.29 is 9.18 Å². The zero-order chi connectivity index (χ0) is 17.9. The van der Waals surface area contributed by atoms with Gasteiger partial charge in [-0.1, -0.05) is 36.4 Å². The van der Waals surface area contributed by atoms with Crippen LogP contribution in [0.4, 0.5) is 4.39 Å². The minimum Gasteiger partial charge on any atom is -0.348 e. The number of carbonyl (C=O) groups is 1. The zero-order valence-electron chi connectivity index (χ0n) is 14.3. The van der Waals surface area contributed by atoms with E-state index in [0.29, 0.717) is 24.9 Å². The predicted molar refractivity (Wildman–Crippen MR) is 98.9 cm³/mol. The molecule has 0 unspecified atom stereocenters. The standard InChI is InChI=1S/C21H20FN3O/c22-17-7-3-1-6-16(17)21-19(9-10-20(26)25-21)24-13-14-11-12-23-18-8-4-2-5-15(14)18/h1-8,11-12,19,21,24H,9-10,13H2,(H,25,26)/t19-,21+/m1/s1. The molecule has 26 heavy (non-hydrogen) atoms. The van der Waals surface area contributed by atoms with Gasteiger partial charge in [0.05, 0.1) is 11.6 Å². The Labute approximate surface area is 151 Å². The number of amides is 1. The number of benzene rings is 2. The van der Waals surface area contributed by atoms with Gasteiger partial charge in [0.1, 0.15) is 5.82 Å². The van der Waals surface area contributed by atoms with Gasteiger partial charge in [0.25, 0.3) is 0 Å². The first kappa shape index (κ1) is 16.7. The Morgan fingerprint density at radius 1 is 1.12 bits per heavy atom. The Kier molecular flexibility index (Phi) is 4.63. The van der Waals surface area contributed by atoms with Gasteiger partial charge in [-0.2, -0.15) is 0 Å². The second-order valence-electron chi connectivity index (χ2n) is 6.58. The van der Waals surface area contributed by atoms with Crippen LogP contribution in [0.2, 0.25) is 0 Å². The monoisotopic (exact) mass is 349 g/mol. The van der Waals surface area contributed by atoms with E-state index >= 15 is 0 Å². The first-order chi connectivity index (χ1) is 12.7. The van der Waals surface area contributed by atoms with Gasteiger partial charge in [-0.15, -0.1) is 0 Å². The predicted octanol–water partition coefficient (Wildman–Crippen LogP) is 3.48. The summed E-state index contributed by atoms with van der Waals surface area (Å²) in [5.74, 6) is -0.327. The number of pyridine rings is 1. The zero-order valence-corrected chi connectivity index (χ0v) is 14.3. The molecule has 0 spiro atoms. The Balaban J connectivity index is 1.57. The number of fused-ring (bicyclic) bond motifs is 1. The lowest BCUT2D eigenvalue weighted by molar-refractivity contribution is -0.123. The molecule has 5 heteroatoms. The Hall–Kier alpha value is -2.79. The van der Waals surface area contributed by atoms with Crippen molar-refractivity contribution in [2.45, 2.75) is 31.5 Å². The van der Waals surface area contributed by atoms with Gasteiger partial charge in [0.15, 0.2) is 0 Å². The molecular formula is C21H20FN3O. The number of para-hydroxylation sites is 1. The molecular weight excluding hydrogens is 329 g/mol. The molecule has 1 fully saturated rings. The maximum absolute atomic E-state index is 14.3. The number of halogens is 1. The molecule has 1 aliphatic heterocycles. The largest absolute Gasteiger partial charge is 0.348 e. The molecule has 2 aromatic carbocycles. The fraction of sp³-hybridized carbons (Fsp3) is 0.238. The van der Waals surface area contributed by atoms with Gasteiger partial charge in [-0.25, -0.2) is 4.39 Å². The van der Waals surface area contributed by atoms with E-state index in [2.05, 4.69) is 21.7 Å². The topological polar surface area (TPSA) is 54.0 Å². The van der Waals surface area contributed by atoms with E-state index in [9.17, 15) is 9.18 Å². The van der Waals surface area contributed by atoms with E-state index in [-0.39, 0.29) is 23.8 Å². The molecule has 1 aromatic heterocycles. The minimum absolute atomic E-state index is 0.0310. The Morgan fingerprint density at radius 3 is 2.81 bits per heavy atom. The van der Waals surface area contributed by atoms with E-state index in [1.807, 2.05) is 24.3 Å². The summed E-state index contributed by atoms with van der Waals surface area (Å²) >= 11 is 0. The lowest BCUT2D eigenvalue weighted by Crippen LogP contribution is -2.48. The summed E-state index contributed by atoms with van der Waals surface area (Å²) in [6.45, 7) is 0.633. The van der Waals surface area contributed by atoms with Crippen LogP contribution in [-0.2, 0) is 11.3 Å². The maximum Gasteiger partial charge on any atom is 0.220 e. The quantitative estimate of drug-likeness (QED) is 0.758. The number of rotatable bonds is 4. The summed E-state index contributed by atoms with van der Waals surface area (Å²) in [5.41, 5.74) is 2.62. The summed E-state index contributed by atoms with van der Waals surface area (Å²) in [4.78, 5) is 16.3. The molecule has 3 aromatic rings. The van der Waals surface area contributed by atoms with E-state index in [1.54, 1.807) is 24.4 Å². The van der Waals surface area contributed by atoms with E-state index in [1.165, 1.54) is 6.07 Å². The fourth-order valence-corrected chi connectivity index (χ4v) is 3.59. The third-order valence-electron chi connectivity index (χ3n) is 4.94. The van der Waals surface area contributed by atoms with Crippen LogP contribution < -0.4 is 10.6 Å². The minimum atomic E-state index is -0.370. The van der Waals surface area contributed by atoms with Gasteiger partial charge in [-0.05, 0) is 30.2 Å². The van der Waals surface area contributed by atoms with Crippen molar-refractivity contribution in [2.75, 3.05) is 0 Å². The Bertz CT molecular complexity index is 938. The molecule has 0 saturated carbocycles. The summed E-state index contributed by atoms with van der Waals surface area (Å²) in [6, 6.07) is 16.2. The number of hydrogen-bond donors (Lipinski definition) is 2. The van der Waals surface area contributed by atoms with Crippen molar-refractivity contribution in [1.29, 1.82) is 0 Å². The van der Waals surface area contributed by atoms with E-state index in [4.69, 9.17) is 0 Å². The van der Waals surface area contributed by atoms with Crippen LogP contribution in [0, 0.1) is 5.82 Å². The van der Waals surface area contributed by atoms with Gasteiger partial charge < -0.3 is 10.6 Å². The van der Waals surface area contributed by atoms with Crippen molar-refractivity contribution in [1.82, 2.24) is 15.6 Å². The van der Waals surface area contributed by atoms with E-state index < -0.39 is 0 Å². The van der Waals surface area contributed by atoms with Crippen molar-refractivity contribution in [3.63, 3.8) is 0 Å². The lowest BCUT2D eigenvalue weighted by Gasteiger charge is -2.33. The fourth-order valence-electron chi connectivity index (χ4n) is 3.59. The highest BCUT2D eigenvalue weighted by Crippen LogP contribution is 2.27. The highest BCUT2D eigenvalue weighted by atomic mass is 19.1. The van der Waals surface area contributed by atoms with Gasteiger partial charge in [0.2, 0.25) is 5.91 Å². The van der Waals surface area contributed by atoms with Crippen LogP contribution in [0.5, 0.6) is 0 Å². The molecule has 4 nitrogen and oxygen atoms in total. The Morgan fingerprint density at radius 2 is 1.92 bits per heavy atom. The molecule has 2 N–H and O–H groups in total. The third-order valence-corrected chi connectivity index (χ3v) is 4.94. The van der Waals surface area contributed by atoms with E-state index in [0.717, 1.165) is 16.5 Å². The summed E-state index contributed by atoms with van der Waals surface area (Å²) in [7, 11) is 0. The number of carbonyl (C=O) groups excluding carboxylic acids is 1. The second-order valence-corrected chi connectivity index (χ2v) is 6.58. The molecule has 132 valence electrons. The summed E-state index contributed by atoms with van der Waals surface area (Å²) in [6.07, 6.45) is 2.92. The van der Waals surface area contributed by atoms with Crippen molar-refractivity contribution >= 4 is 16.8 Å². The third kappa shape index (κ3) is 3.30. The molecule has 1 saturated heterocycles. The van der Waals surface area contributed by atoms with Crippen LogP contribution >= 0.6 is 0 Å². The number of piperidine rings is 1. The molecule has 4 rings (SSSR count). The number of hydrogen-bond acceptors (Lipinski definition) is 3. The number of nitrogens with zero attached hydrogens (tertiary/aromatic N) is 1. The van der Waals surface area contributed by atoms with Crippen LogP contribution in [0.25, 0.3) is 10.9 Å². The molecule has 0 aliphatic carbocycles. The highest BCUT2D eigenvalue weighted by Gasteiger charge is 2.31. The SMILES string of the molecule is O=C1CC[C@@H](NCc2ccnc3ccccc23)[C@H](c2ccccc2F)N1. The summed E-state index contributed by atoms with van der Waals surface area (Å²) < 4.78 is 14.3. The molecule has 1 aliphatic rings. The first-order valence-corrected chi connectivity index (χ1v) is 8.82. The smallest absolute Gasteiger partial charge is 0.220 e. The normalized spacial score (nSPS) is 20.1. The van der Waals surface area contributed by atoms with Crippen LogP contribution in [0.1, 0.15) is 30.0 Å². The van der Waals surface area contributed by atoms with Crippen molar-refractivity contribution in [3.8, 4) is 0 Å². The first-order valence-electron chi connectivity index (χ1n) is 8.82. The molecule has 0 radical (unpaired) electrons. The van der Waals surface area contributed by atoms with Gasteiger partial charge >= 0.3 is 0 Å². The number of nitrogens with one attached hydrogen (secondary N) is 2. The number of aromatic nitrogens is 1.